The van der Waals surface area contributed by atoms with E-state index in [9.17, 15) is 4.79 Å². The molecule has 1 atom stereocenters. The van der Waals surface area contributed by atoms with Crippen molar-refractivity contribution < 1.29 is 14.3 Å². The van der Waals surface area contributed by atoms with Crippen LogP contribution in [0.5, 0.6) is 0 Å². The number of hydrogen-bond acceptors (Lipinski definition) is 3. The lowest BCUT2D eigenvalue weighted by atomic mass is 9.84. The van der Waals surface area contributed by atoms with E-state index in [0.717, 1.165) is 5.69 Å². The molecule has 3 rings (SSSR count). The van der Waals surface area contributed by atoms with E-state index in [1.165, 1.54) is 37.7 Å². The molecule has 0 radical (unpaired) electrons. The average Bonchev–Trinajstić information content (AvgIpc) is 2.89. The quantitative estimate of drug-likeness (QED) is 0.848. The highest BCUT2D eigenvalue weighted by Gasteiger charge is 2.32. The summed E-state index contributed by atoms with van der Waals surface area (Å²) in [5.74, 6) is 0.694. The second-order valence-corrected chi connectivity index (χ2v) is 6.00. The molecule has 1 aromatic rings. The highest BCUT2D eigenvalue weighted by molar-refractivity contribution is 5.89. The van der Waals surface area contributed by atoms with Gasteiger partial charge in [0.2, 0.25) is 0 Å². The molecular formula is C17H23NO3. The number of carbonyl (C=O) groups is 1. The first-order chi connectivity index (χ1) is 10.3. The van der Waals surface area contributed by atoms with Crippen molar-refractivity contribution in [3.05, 3.63) is 29.8 Å². The van der Waals surface area contributed by atoms with E-state index in [1.54, 1.807) is 12.0 Å². The van der Waals surface area contributed by atoms with Crippen LogP contribution in [0.2, 0.25) is 0 Å². The van der Waals surface area contributed by atoms with Gasteiger partial charge in [0.1, 0.15) is 6.10 Å². The standard InChI is InChI=1S/C17H23NO3/c1-20-12-16-11-18(17(19)21-16)15-9-7-14(8-10-15)13-5-3-2-4-6-13/h7-10,13,16H,2-6,11-12H2,1H3. The smallest absolute Gasteiger partial charge is 0.414 e. The predicted molar refractivity (Wildman–Crippen MR) is 81.8 cm³/mol. The van der Waals surface area contributed by atoms with E-state index >= 15 is 0 Å². The summed E-state index contributed by atoms with van der Waals surface area (Å²) < 4.78 is 10.3. The number of nitrogens with zero attached hydrogens (tertiary/aromatic N) is 1. The Morgan fingerprint density at radius 2 is 1.90 bits per heavy atom. The molecule has 1 aliphatic heterocycles. The van der Waals surface area contributed by atoms with Crippen LogP contribution in [0.1, 0.15) is 43.6 Å². The summed E-state index contributed by atoms with van der Waals surface area (Å²) in [7, 11) is 1.62. The van der Waals surface area contributed by atoms with Gasteiger partial charge in [0.15, 0.2) is 0 Å². The van der Waals surface area contributed by atoms with E-state index in [4.69, 9.17) is 9.47 Å². The topological polar surface area (TPSA) is 38.8 Å². The summed E-state index contributed by atoms with van der Waals surface area (Å²) in [6.45, 7) is 1.01. The van der Waals surface area contributed by atoms with Gasteiger partial charge < -0.3 is 9.47 Å². The van der Waals surface area contributed by atoms with Crippen molar-refractivity contribution in [3.8, 4) is 0 Å². The molecular weight excluding hydrogens is 266 g/mol. The summed E-state index contributed by atoms with van der Waals surface area (Å²) in [5, 5.41) is 0. The lowest BCUT2D eigenvalue weighted by Crippen LogP contribution is -2.25. The van der Waals surface area contributed by atoms with Crippen molar-refractivity contribution in [1.82, 2.24) is 0 Å². The van der Waals surface area contributed by atoms with Gasteiger partial charge in [0.25, 0.3) is 0 Å². The Morgan fingerprint density at radius 1 is 1.19 bits per heavy atom. The molecule has 1 amide bonds. The lowest BCUT2D eigenvalue weighted by molar-refractivity contribution is 0.0718. The molecule has 0 N–H and O–H groups in total. The number of hydrogen-bond donors (Lipinski definition) is 0. The van der Waals surface area contributed by atoms with Gasteiger partial charge in [0, 0.05) is 12.8 Å². The molecule has 1 aromatic carbocycles. The highest BCUT2D eigenvalue weighted by Crippen LogP contribution is 2.33. The highest BCUT2D eigenvalue weighted by atomic mass is 16.6. The number of rotatable bonds is 4. The molecule has 1 aliphatic carbocycles. The van der Waals surface area contributed by atoms with Crippen LogP contribution in [0.25, 0.3) is 0 Å². The molecule has 1 unspecified atom stereocenters. The Morgan fingerprint density at radius 3 is 2.57 bits per heavy atom. The van der Waals surface area contributed by atoms with Gasteiger partial charge in [-0.2, -0.15) is 0 Å². The zero-order valence-corrected chi connectivity index (χ0v) is 12.6. The van der Waals surface area contributed by atoms with Crippen LogP contribution in [0, 0.1) is 0 Å². The Hall–Kier alpha value is -1.55. The molecule has 4 heteroatoms. The number of amides is 1. The van der Waals surface area contributed by atoms with Crippen LogP contribution in [0.15, 0.2) is 24.3 Å². The van der Waals surface area contributed by atoms with E-state index in [2.05, 4.69) is 12.1 Å². The first-order valence-corrected chi connectivity index (χ1v) is 7.85. The van der Waals surface area contributed by atoms with Gasteiger partial charge in [-0.25, -0.2) is 4.79 Å². The fourth-order valence-corrected chi connectivity index (χ4v) is 3.37. The van der Waals surface area contributed by atoms with Crippen molar-refractivity contribution in [3.63, 3.8) is 0 Å². The average molecular weight is 289 g/mol. The van der Waals surface area contributed by atoms with Crippen LogP contribution < -0.4 is 4.90 Å². The first-order valence-electron chi connectivity index (χ1n) is 7.85. The number of carbonyl (C=O) groups excluding carboxylic acids is 1. The molecule has 0 bridgehead atoms. The van der Waals surface area contributed by atoms with Crippen molar-refractivity contribution >= 4 is 11.8 Å². The van der Waals surface area contributed by atoms with Gasteiger partial charge in [-0.15, -0.1) is 0 Å². The summed E-state index contributed by atoms with van der Waals surface area (Å²) in [6, 6.07) is 8.42. The van der Waals surface area contributed by atoms with Crippen LogP contribution in [0.4, 0.5) is 10.5 Å². The monoisotopic (exact) mass is 289 g/mol. The Balaban J connectivity index is 1.67. The molecule has 21 heavy (non-hydrogen) atoms. The van der Waals surface area contributed by atoms with Gasteiger partial charge >= 0.3 is 6.09 Å². The van der Waals surface area contributed by atoms with Gasteiger partial charge in [0.05, 0.1) is 13.2 Å². The summed E-state index contributed by atoms with van der Waals surface area (Å²) in [4.78, 5) is 13.6. The number of cyclic esters (lactones) is 1. The third kappa shape index (κ3) is 3.21. The van der Waals surface area contributed by atoms with E-state index < -0.39 is 0 Å². The summed E-state index contributed by atoms with van der Waals surface area (Å²) in [5.41, 5.74) is 2.32. The maximum atomic E-state index is 11.9. The first kappa shape index (κ1) is 14.4. The maximum Gasteiger partial charge on any atom is 0.414 e. The molecule has 4 nitrogen and oxygen atoms in total. The second-order valence-electron chi connectivity index (χ2n) is 6.00. The van der Waals surface area contributed by atoms with Gasteiger partial charge in [-0.3, -0.25) is 4.90 Å². The zero-order chi connectivity index (χ0) is 14.7. The largest absolute Gasteiger partial charge is 0.441 e. The fourth-order valence-electron chi connectivity index (χ4n) is 3.37. The van der Waals surface area contributed by atoms with E-state index in [0.29, 0.717) is 19.1 Å². The molecule has 0 aromatic heterocycles. The van der Waals surface area contributed by atoms with Crippen LogP contribution >= 0.6 is 0 Å². The SMILES string of the molecule is COCC1CN(c2ccc(C3CCCCC3)cc2)C(=O)O1. The molecule has 0 spiro atoms. The second kappa shape index (κ2) is 6.48. The fraction of sp³-hybridized carbons (Fsp3) is 0.588. The van der Waals surface area contributed by atoms with E-state index in [-0.39, 0.29) is 12.2 Å². The Labute approximate surface area is 126 Å². The zero-order valence-electron chi connectivity index (χ0n) is 12.6. The minimum Gasteiger partial charge on any atom is -0.441 e. The third-order valence-electron chi connectivity index (χ3n) is 4.51. The predicted octanol–water partition coefficient (Wildman–Crippen LogP) is 3.71. The molecule has 2 aliphatic rings. The minimum atomic E-state index is -0.275. The normalized spacial score (nSPS) is 23.4. The minimum absolute atomic E-state index is 0.166. The number of anilines is 1. The number of benzene rings is 1. The van der Waals surface area contributed by atoms with Crippen molar-refractivity contribution in [2.75, 3.05) is 25.2 Å². The summed E-state index contributed by atoms with van der Waals surface area (Å²) in [6.07, 6.45) is 6.19. The molecule has 1 heterocycles. The van der Waals surface area contributed by atoms with Crippen molar-refractivity contribution in [2.24, 2.45) is 0 Å². The van der Waals surface area contributed by atoms with Crippen LogP contribution in [-0.4, -0.2) is 32.5 Å². The molecule has 114 valence electrons. The van der Waals surface area contributed by atoms with Crippen molar-refractivity contribution in [2.45, 2.75) is 44.1 Å². The lowest BCUT2D eigenvalue weighted by Gasteiger charge is -2.22. The molecule has 1 saturated carbocycles. The van der Waals surface area contributed by atoms with Gasteiger partial charge in [-0.05, 0) is 36.5 Å². The number of ether oxygens (including phenoxy) is 2. The third-order valence-corrected chi connectivity index (χ3v) is 4.51. The van der Waals surface area contributed by atoms with E-state index in [1.807, 2.05) is 12.1 Å². The Kier molecular flexibility index (Phi) is 4.44. The van der Waals surface area contributed by atoms with Crippen molar-refractivity contribution in [1.29, 1.82) is 0 Å². The van der Waals surface area contributed by atoms with Crippen LogP contribution in [0.3, 0.4) is 0 Å². The maximum absolute atomic E-state index is 11.9. The van der Waals surface area contributed by atoms with Gasteiger partial charge in [-0.1, -0.05) is 31.4 Å². The molecule has 2 fully saturated rings. The molecule has 1 saturated heterocycles. The Bertz CT molecular complexity index is 479. The summed E-state index contributed by atoms with van der Waals surface area (Å²) >= 11 is 0. The number of methoxy groups -OCH3 is 1. The van der Waals surface area contributed by atoms with Crippen LogP contribution in [-0.2, 0) is 9.47 Å².